The normalized spacial score (nSPS) is 14.3. The van der Waals surface area contributed by atoms with E-state index in [1.54, 1.807) is 0 Å². The molecule has 1 atom stereocenters. The molecule has 0 spiro atoms. The molecule has 0 saturated carbocycles. The Bertz CT molecular complexity index is 59.9. The van der Waals surface area contributed by atoms with E-state index in [0.29, 0.717) is 6.10 Å². The first-order chi connectivity index (χ1) is 4.20. The first-order valence-electron chi connectivity index (χ1n) is 3.54. The molecule has 0 radical (unpaired) electrons. The third kappa shape index (κ3) is 4.79. The molecule has 0 bridgehead atoms. The average Bonchev–Trinajstić information content (AvgIpc) is 1.82. The van der Waals surface area contributed by atoms with E-state index in [0.717, 1.165) is 12.8 Å². The molecule has 56 valence electrons. The first-order valence-corrected chi connectivity index (χ1v) is 4.05. The zero-order valence-electron chi connectivity index (χ0n) is 6.42. The van der Waals surface area contributed by atoms with Crippen molar-refractivity contribution in [1.82, 2.24) is 0 Å². The van der Waals surface area contributed by atoms with E-state index in [1.165, 1.54) is 0 Å². The van der Waals surface area contributed by atoms with Crippen LogP contribution < -0.4 is 0 Å². The Labute approximate surface area is 63.2 Å². The molecule has 0 aromatic rings. The number of hydrogen-bond donors (Lipinski definition) is 1. The summed E-state index contributed by atoms with van der Waals surface area (Å²) in [5, 5.41) is 0. The van der Waals surface area contributed by atoms with Crippen molar-refractivity contribution in [2.24, 2.45) is 0 Å². The molecule has 0 aromatic carbocycles. The molecule has 0 amide bonds. The molecular weight excluding hydrogens is 132 g/mol. The Hall–Kier alpha value is 0.310. The van der Waals surface area contributed by atoms with Gasteiger partial charge in [0.15, 0.2) is 0 Å². The summed E-state index contributed by atoms with van der Waals surface area (Å²) in [6.45, 7) is 6.20. The fourth-order valence-corrected chi connectivity index (χ4v) is 0.932. The van der Waals surface area contributed by atoms with E-state index in [2.05, 4.69) is 26.5 Å². The van der Waals surface area contributed by atoms with Gasteiger partial charge in [-0.1, -0.05) is 13.8 Å². The molecule has 1 unspecified atom stereocenters. The van der Waals surface area contributed by atoms with Crippen LogP contribution in [0, 0.1) is 0 Å². The maximum absolute atomic E-state index is 5.41. The Morgan fingerprint density at radius 3 is 1.89 bits per heavy atom. The molecule has 0 aliphatic heterocycles. The molecule has 0 aliphatic carbocycles. The lowest BCUT2D eigenvalue weighted by molar-refractivity contribution is 0.0401. The van der Waals surface area contributed by atoms with Crippen molar-refractivity contribution < 1.29 is 4.74 Å². The van der Waals surface area contributed by atoms with Gasteiger partial charge in [0.25, 0.3) is 0 Å². The Morgan fingerprint density at radius 2 is 1.78 bits per heavy atom. The quantitative estimate of drug-likeness (QED) is 0.476. The number of rotatable bonds is 4. The number of ether oxygens (including phenoxy) is 1. The fourth-order valence-electron chi connectivity index (χ4n) is 0.760. The van der Waals surface area contributed by atoms with Crippen molar-refractivity contribution in [2.45, 2.75) is 45.2 Å². The number of thiol groups is 1. The van der Waals surface area contributed by atoms with Gasteiger partial charge in [-0.25, -0.2) is 0 Å². The highest BCUT2D eigenvalue weighted by atomic mass is 32.1. The average molecular weight is 148 g/mol. The van der Waals surface area contributed by atoms with Gasteiger partial charge in [-0.3, -0.25) is 0 Å². The Balaban J connectivity index is 3.31. The van der Waals surface area contributed by atoms with E-state index in [9.17, 15) is 0 Å². The summed E-state index contributed by atoms with van der Waals surface area (Å²) in [4.78, 5) is 0. The summed E-state index contributed by atoms with van der Waals surface area (Å²) >= 11 is 4.12. The van der Waals surface area contributed by atoms with Gasteiger partial charge in [0.1, 0.15) is 0 Å². The summed E-state index contributed by atoms with van der Waals surface area (Å²) in [5.74, 6) is 0. The van der Waals surface area contributed by atoms with E-state index < -0.39 is 0 Å². The molecule has 0 aliphatic rings. The fraction of sp³-hybridized carbons (Fsp3) is 1.00. The Morgan fingerprint density at radius 1 is 1.33 bits per heavy atom. The summed E-state index contributed by atoms with van der Waals surface area (Å²) in [7, 11) is 0. The van der Waals surface area contributed by atoms with Crippen molar-refractivity contribution in [3.8, 4) is 0 Å². The molecule has 2 heteroatoms. The van der Waals surface area contributed by atoms with Crippen LogP contribution in [0.1, 0.15) is 33.6 Å². The second kappa shape index (κ2) is 5.12. The van der Waals surface area contributed by atoms with E-state index in [-0.39, 0.29) is 5.44 Å². The van der Waals surface area contributed by atoms with Crippen LogP contribution in [0.3, 0.4) is 0 Å². The van der Waals surface area contributed by atoms with Crippen LogP contribution in [-0.2, 0) is 4.74 Å². The standard InChI is InChI=1S/C7H16OS/c1-4-7(5-2)8-6(3)9/h6-7,9H,4-5H2,1-3H3. The highest BCUT2D eigenvalue weighted by Gasteiger charge is 2.04. The predicted molar refractivity (Wildman–Crippen MR) is 43.9 cm³/mol. The minimum atomic E-state index is 0.0786. The SMILES string of the molecule is CCC(CC)OC(C)S. The van der Waals surface area contributed by atoms with Gasteiger partial charge in [-0.15, -0.1) is 12.6 Å². The lowest BCUT2D eigenvalue weighted by atomic mass is 10.2. The van der Waals surface area contributed by atoms with Crippen LogP contribution in [0.2, 0.25) is 0 Å². The van der Waals surface area contributed by atoms with Gasteiger partial charge >= 0.3 is 0 Å². The number of hydrogen-bond acceptors (Lipinski definition) is 2. The summed E-state index contributed by atoms with van der Waals surface area (Å²) < 4.78 is 5.41. The first kappa shape index (κ1) is 9.31. The van der Waals surface area contributed by atoms with Crippen LogP contribution in [0.5, 0.6) is 0 Å². The van der Waals surface area contributed by atoms with Gasteiger partial charge in [-0.2, -0.15) is 0 Å². The van der Waals surface area contributed by atoms with E-state index in [4.69, 9.17) is 4.74 Å². The van der Waals surface area contributed by atoms with Crippen molar-refractivity contribution in [3.63, 3.8) is 0 Å². The van der Waals surface area contributed by atoms with E-state index >= 15 is 0 Å². The van der Waals surface area contributed by atoms with E-state index in [1.807, 2.05) is 6.92 Å². The van der Waals surface area contributed by atoms with Gasteiger partial charge < -0.3 is 4.74 Å². The minimum Gasteiger partial charge on any atom is -0.365 e. The molecule has 0 fully saturated rings. The lowest BCUT2D eigenvalue weighted by Gasteiger charge is -2.15. The zero-order valence-corrected chi connectivity index (χ0v) is 7.32. The summed E-state index contributed by atoms with van der Waals surface area (Å²) in [6, 6.07) is 0. The third-order valence-corrected chi connectivity index (χ3v) is 1.42. The largest absolute Gasteiger partial charge is 0.365 e. The summed E-state index contributed by atoms with van der Waals surface area (Å²) in [5.41, 5.74) is 0.0786. The molecule has 9 heavy (non-hydrogen) atoms. The summed E-state index contributed by atoms with van der Waals surface area (Å²) in [6.07, 6.45) is 2.57. The lowest BCUT2D eigenvalue weighted by Crippen LogP contribution is -2.13. The second-order valence-corrected chi connectivity index (χ2v) is 2.90. The molecule has 0 N–H and O–H groups in total. The van der Waals surface area contributed by atoms with Gasteiger partial charge in [0.05, 0.1) is 11.5 Å². The minimum absolute atomic E-state index is 0.0786. The predicted octanol–water partition coefficient (Wildman–Crippen LogP) is 2.47. The van der Waals surface area contributed by atoms with Gasteiger partial charge in [0.2, 0.25) is 0 Å². The molecule has 0 aromatic heterocycles. The second-order valence-electron chi connectivity index (χ2n) is 2.17. The monoisotopic (exact) mass is 148 g/mol. The molecular formula is C7H16OS. The molecule has 0 saturated heterocycles. The highest BCUT2D eigenvalue weighted by molar-refractivity contribution is 7.80. The highest BCUT2D eigenvalue weighted by Crippen LogP contribution is 2.07. The van der Waals surface area contributed by atoms with Crippen LogP contribution in [-0.4, -0.2) is 11.5 Å². The topological polar surface area (TPSA) is 9.23 Å². The van der Waals surface area contributed by atoms with Crippen molar-refractivity contribution in [3.05, 3.63) is 0 Å². The van der Waals surface area contributed by atoms with Crippen LogP contribution >= 0.6 is 12.6 Å². The van der Waals surface area contributed by atoms with Crippen LogP contribution in [0.4, 0.5) is 0 Å². The Kier molecular flexibility index (Phi) is 5.30. The smallest absolute Gasteiger partial charge is 0.0975 e. The van der Waals surface area contributed by atoms with Crippen LogP contribution in [0.25, 0.3) is 0 Å². The van der Waals surface area contributed by atoms with Gasteiger partial charge in [0, 0.05) is 0 Å². The maximum Gasteiger partial charge on any atom is 0.0975 e. The third-order valence-electron chi connectivity index (χ3n) is 1.30. The van der Waals surface area contributed by atoms with Crippen molar-refractivity contribution in [2.75, 3.05) is 0 Å². The molecule has 0 rings (SSSR count). The maximum atomic E-state index is 5.41. The molecule has 1 nitrogen and oxygen atoms in total. The zero-order chi connectivity index (χ0) is 7.28. The van der Waals surface area contributed by atoms with Crippen LogP contribution in [0.15, 0.2) is 0 Å². The van der Waals surface area contributed by atoms with Gasteiger partial charge in [-0.05, 0) is 19.8 Å². The van der Waals surface area contributed by atoms with Crippen molar-refractivity contribution >= 4 is 12.6 Å². The van der Waals surface area contributed by atoms with Crippen molar-refractivity contribution in [1.29, 1.82) is 0 Å². The molecule has 0 heterocycles.